The molecule has 7 heteroatoms. The van der Waals surface area contributed by atoms with Crippen molar-refractivity contribution >= 4 is 40.4 Å². The molecule has 2 fully saturated rings. The van der Waals surface area contributed by atoms with Gasteiger partial charge in [-0.1, -0.05) is 25.0 Å². The molecule has 2 aliphatic rings. The Morgan fingerprint density at radius 3 is 1.96 bits per heavy atom. The number of carbonyl (C=O) groups excluding carboxylic acids is 3. The van der Waals surface area contributed by atoms with Crippen LogP contribution in [0.3, 0.4) is 0 Å². The van der Waals surface area contributed by atoms with Gasteiger partial charge >= 0.3 is 0 Å². The van der Waals surface area contributed by atoms with Gasteiger partial charge < -0.3 is 4.90 Å². The lowest BCUT2D eigenvalue weighted by Gasteiger charge is -2.23. The lowest BCUT2D eigenvalue weighted by atomic mass is 9.81. The minimum absolute atomic E-state index is 0.0164. The molecule has 0 radical (unpaired) electrons. The summed E-state index contributed by atoms with van der Waals surface area (Å²) in [5.74, 6) is -0.442. The SMILES string of the molecule is O=C(CCN1C(=O)[C@H]2CCCC[C@@H]2C1=O)N(Cc1cccs1)Cc1cccs1. The maximum absolute atomic E-state index is 13.0. The predicted molar refractivity (Wildman–Crippen MR) is 110 cm³/mol. The third-order valence-corrected chi connectivity index (χ3v) is 7.41. The van der Waals surface area contributed by atoms with Crippen molar-refractivity contribution in [1.29, 1.82) is 0 Å². The minimum Gasteiger partial charge on any atom is -0.332 e. The fourth-order valence-electron chi connectivity index (χ4n) is 4.23. The molecule has 0 bridgehead atoms. The maximum atomic E-state index is 13.0. The molecule has 0 spiro atoms. The van der Waals surface area contributed by atoms with Crippen LogP contribution in [-0.2, 0) is 27.5 Å². The molecule has 4 rings (SSSR count). The summed E-state index contributed by atoms with van der Waals surface area (Å²) in [7, 11) is 0. The summed E-state index contributed by atoms with van der Waals surface area (Å²) in [5.41, 5.74) is 0. The van der Waals surface area contributed by atoms with Crippen LogP contribution in [0.25, 0.3) is 0 Å². The van der Waals surface area contributed by atoms with Gasteiger partial charge in [0.25, 0.3) is 0 Å². The van der Waals surface area contributed by atoms with Crippen molar-refractivity contribution in [2.75, 3.05) is 6.54 Å². The first-order chi connectivity index (χ1) is 13.6. The van der Waals surface area contributed by atoms with Gasteiger partial charge in [0.2, 0.25) is 17.7 Å². The Kier molecular flexibility index (Phi) is 5.92. The zero-order valence-electron chi connectivity index (χ0n) is 15.7. The molecule has 3 heterocycles. The second-order valence-electron chi connectivity index (χ2n) is 7.48. The van der Waals surface area contributed by atoms with E-state index in [4.69, 9.17) is 0 Å². The summed E-state index contributed by atoms with van der Waals surface area (Å²) in [6.07, 6.45) is 3.84. The first-order valence-electron chi connectivity index (χ1n) is 9.81. The first kappa shape index (κ1) is 19.3. The van der Waals surface area contributed by atoms with Gasteiger partial charge in [0.1, 0.15) is 0 Å². The van der Waals surface area contributed by atoms with Crippen LogP contribution < -0.4 is 0 Å². The molecule has 148 valence electrons. The summed E-state index contributed by atoms with van der Waals surface area (Å²) in [4.78, 5) is 43.7. The molecule has 28 heavy (non-hydrogen) atoms. The summed E-state index contributed by atoms with van der Waals surface area (Å²) in [6, 6.07) is 8.02. The van der Waals surface area contributed by atoms with Crippen LogP contribution >= 0.6 is 22.7 Å². The zero-order valence-corrected chi connectivity index (χ0v) is 17.3. The van der Waals surface area contributed by atoms with Gasteiger partial charge in [-0.15, -0.1) is 22.7 Å². The second kappa shape index (κ2) is 8.57. The van der Waals surface area contributed by atoms with Gasteiger partial charge in [-0.3, -0.25) is 19.3 Å². The van der Waals surface area contributed by atoms with Crippen molar-refractivity contribution in [1.82, 2.24) is 9.80 Å². The molecule has 2 aromatic heterocycles. The zero-order chi connectivity index (χ0) is 19.5. The lowest BCUT2D eigenvalue weighted by Crippen LogP contribution is -2.36. The molecule has 1 aliphatic carbocycles. The largest absolute Gasteiger partial charge is 0.332 e. The molecule has 1 aliphatic heterocycles. The lowest BCUT2D eigenvalue weighted by molar-refractivity contribution is -0.141. The average molecular weight is 417 g/mol. The van der Waals surface area contributed by atoms with Gasteiger partial charge in [-0.05, 0) is 35.7 Å². The van der Waals surface area contributed by atoms with E-state index in [-0.39, 0.29) is 42.5 Å². The van der Waals surface area contributed by atoms with E-state index in [1.165, 1.54) is 4.90 Å². The molecule has 1 saturated carbocycles. The van der Waals surface area contributed by atoms with Gasteiger partial charge in [-0.2, -0.15) is 0 Å². The Bertz CT molecular complexity index is 772. The van der Waals surface area contributed by atoms with E-state index in [2.05, 4.69) is 0 Å². The first-order valence-corrected chi connectivity index (χ1v) is 11.6. The third-order valence-electron chi connectivity index (χ3n) is 5.69. The van der Waals surface area contributed by atoms with E-state index in [1.54, 1.807) is 22.7 Å². The van der Waals surface area contributed by atoms with Crippen LogP contribution in [0.1, 0.15) is 41.9 Å². The second-order valence-corrected chi connectivity index (χ2v) is 9.55. The van der Waals surface area contributed by atoms with Crippen LogP contribution in [0.2, 0.25) is 0 Å². The number of rotatable bonds is 7. The van der Waals surface area contributed by atoms with Gasteiger partial charge in [-0.25, -0.2) is 0 Å². The number of likely N-dealkylation sites (tertiary alicyclic amines) is 1. The highest BCUT2D eigenvalue weighted by molar-refractivity contribution is 7.10. The number of hydrogen-bond acceptors (Lipinski definition) is 5. The molecule has 5 nitrogen and oxygen atoms in total. The summed E-state index contributed by atoms with van der Waals surface area (Å²) >= 11 is 3.26. The Hall–Kier alpha value is -1.99. The van der Waals surface area contributed by atoms with Gasteiger partial charge in [0.05, 0.1) is 24.9 Å². The Labute approximate surface area is 173 Å². The highest BCUT2D eigenvalue weighted by Gasteiger charge is 2.47. The monoisotopic (exact) mass is 416 g/mol. The number of hydrogen-bond donors (Lipinski definition) is 0. The number of thiophene rings is 2. The number of amides is 3. The highest BCUT2D eigenvalue weighted by Crippen LogP contribution is 2.38. The fraction of sp³-hybridized carbons (Fsp3) is 0.476. The van der Waals surface area contributed by atoms with Crippen molar-refractivity contribution in [3.05, 3.63) is 44.8 Å². The maximum Gasteiger partial charge on any atom is 0.233 e. The number of carbonyl (C=O) groups is 3. The van der Waals surface area contributed by atoms with Crippen LogP contribution in [0.4, 0.5) is 0 Å². The highest BCUT2D eigenvalue weighted by atomic mass is 32.1. The van der Waals surface area contributed by atoms with Gasteiger partial charge in [0, 0.05) is 22.7 Å². The summed E-state index contributed by atoms with van der Waals surface area (Å²) < 4.78 is 0. The van der Waals surface area contributed by atoms with Crippen molar-refractivity contribution in [2.45, 2.75) is 45.2 Å². The molecular formula is C21H24N2O3S2. The summed E-state index contributed by atoms with van der Waals surface area (Å²) in [5, 5.41) is 4.01. The minimum atomic E-state index is -0.148. The van der Waals surface area contributed by atoms with E-state index in [0.717, 1.165) is 35.4 Å². The predicted octanol–water partition coefficient (Wildman–Crippen LogP) is 3.90. The van der Waals surface area contributed by atoms with E-state index in [1.807, 2.05) is 39.9 Å². The summed E-state index contributed by atoms with van der Waals surface area (Å²) in [6.45, 7) is 1.32. The van der Waals surface area contributed by atoms with Crippen LogP contribution in [0, 0.1) is 11.8 Å². The number of fused-ring (bicyclic) bond motifs is 1. The van der Waals surface area contributed by atoms with Crippen LogP contribution in [0.5, 0.6) is 0 Å². The molecule has 0 aromatic carbocycles. The standard InChI is InChI=1S/C21H24N2O3S2/c24-19(9-10-23-20(25)17-7-1-2-8-18(17)21(23)26)22(13-15-5-3-11-27-15)14-16-6-4-12-28-16/h3-6,11-12,17-18H,1-2,7-10,13-14H2/t17-,18-/m0/s1. The van der Waals surface area contributed by atoms with E-state index >= 15 is 0 Å². The smallest absolute Gasteiger partial charge is 0.233 e. The van der Waals surface area contributed by atoms with Crippen molar-refractivity contribution in [2.24, 2.45) is 11.8 Å². The number of nitrogens with zero attached hydrogens (tertiary/aromatic N) is 2. The molecule has 1 saturated heterocycles. The van der Waals surface area contributed by atoms with E-state index < -0.39 is 0 Å². The third kappa shape index (κ3) is 4.05. The average Bonchev–Trinajstić information content (AvgIpc) is 3.44. The van der Waals surface area contributed by atoms with Gasteiger partial charge in [0.15, 0.2) is 0 Å². The van der Waals surface area contributed by atoms with Crippen LogP contribution in [0.15, 0.2) is 35.0 Å². The Morgan fingerprint density at radius 2 is 1.50 bits per heavy atom. The van der Waals surface area contributed by atoms with Crippen LogP contribution in [-0.4, -0.2) is 34.1 Å². The van der Waals surface area contributed by atoms with Crippen molar-refractivity contribution < 1.29 is 14.4 Å². The molecule has 2 aromatic rings. The van der Waals surface area contributed by atoms with Crippen molar-refractivity contribution in [3.8, 4) is 0 Å². The topological polar surface area (TPSA) is 57.7 Å². The Balaban J connectivity index is 1.41. The Morgan fingerprint density at radius 1 is 0.964 bits per heavy atom. The van der Waals surface area contributed by atoms with E-state index in [0.29, 0.717) is 13.1 Å². The normalized spacial score (nSPS) is 21.8. The molecule has 0 N–H and O–H groups in total. The number of imide groups is 1. The fourth-order valence-corrected chi connectivity index (χ4v) is 5.67. The molecule has 0 unspecified atom stereocenters. The molecular weight excluding hydrogens is 392 g/mol. The molecule has 2 atom stereocenters. The molecule has 3 amide bonds. The van der Waals surface area contributed by atoms with E-state index in [9.17, 15) is 14.4 Å². The quantitative estimate of drug-likeness (QED) is 0.643. The van der Waals surface area contributed by atoms with Crippen molar-refractivity contribution in [3.63, 3.8) is 0 Å².